The van der Waals surface area contributed by atoms with Crippen molar-refractivity contribution in [2.45, 2.75) is 5.92 Å². The van der Waals surface area contributed by atoms with Crippen LogP contribution in [0.3, 0.4) is 0 Å². The third-order valence-corrected chi connectivity index (χ3v) is 5.16. The molecule has 0 aliphatic carbocycles. The largest absolute Gasteiger partial charge is 0.337 e. The molecule has 0 saturated heterocycles. The highest BCUT2D eigenvalue weighted by atomic mass is 35.5. The van der Waals surface area contributed by atoms with Gasteiger partial charge >= 0.3 is 6.03 Å². The number of carbonyl (C=O) groups excluding carboxylic acids is 1. The molecule has 0 aliphatic rings. The first-order valence-electron chi connectivity index (χ1n) is 8.34. The third kappa shape index (κ3) is 5.16. The fourth-order valence-electron chi connectivity index (χ4n) is 2.78. The van der Waals surface area contributed by atoms with Crippen molar-refractivity contribution >= 4 is 46.5 Å². The number of hydrogen-bond acceptors (Lipinski definition) is 1. The van der Waals surface area contributed by atoms with Gasteiger partial charge in [-0.15, -0.1) is 0 Å². The van der Waals surface area contributed by atoms with Crippen LogP contribution in [-0.2, 0) is 0 Å². The van der Waals surface area contributed by atoms with Crippen LogP contribution in [0.2, 0.25) is 15.1 Å². The Balaban J connectivity index is 1.72. The van der Waals surface area contributed by atoms with Crippen LogP contribution in [0.15, 0.2) is 72.8 Å². The smallest absolute Gasteiger partial charge is 0.319 e. The number of hydrogen-bond donors (Lipinski definition) is 2. The van der Waals surface area contributed by atoms with Gasteiger partial charge in [-0.25, -0.2) is 4.79 Å². The second-order valence-electron chi connectivity index (χ2n) is 5.96. The lowest BCUT2D eigenvalue weighted by molar-refractivity contribution is 0.252. The minimum atomic E-state index is -0.368. The lowest BCUT2D eigenvalue weighted by Gasteiger charge is -2.19. The molecule has 0 bridgehead atoms. The van der Waals surface area contributed by atoms with Gasteiger partial charge in [0.1, 0.15) is 0 Å². The average molecular weight is 420 g/mol. The highest BCUT2D eigenvalue weighted by molar-refractivity contribution is 6.44. The Hall–Kier alpha value is -2.20. The van der Waals surface area contributed by atoms with E-state index in [1.165, 1.54) is 12.1 Å². The van der Waals surface area contributed by atoms with Gasteiger partial charge in [0.2, 0.25) is 0 Å². The van der Waals surface area contributed by atoms with Crippen LogP contribution in [0.5, 0.6) is 0 Å². The van der Waals surface area contributed by atoms with Gasteiger partial charge in [-0.2, -0.15) is 0 Å². The van der Waals surface area contributed by atoms with E-state index in [4.69, 9.17) is 34.8 Å². The number of halogens is 3. The Morgan fingerprint density at radius 2 is 1.30 bits per heavy atom. The van der Waals surface area contributed by atoms with Crippen LogP contribution in [0.25, 0.3) is 0 Å². The molecule has 0 atom stereocenters. The minimum Gasteiger partial charge on any atom is -0.337 e. The van der Waals surface area contributed by atoms with Crippen LogP contribution in [0.4, 0.5) is 10.5 Å². The molecular weight excluding hydrogens is 403 g/mol. The van der Waals surface area contributed by atoms with Crippen LogP contribution < -0.4 is 10.6 Å². The van der Waals surface area contributed by atoms with E-state index in [-0.39, 0.29) is 11.9 Å². The molecule has 0 spiro atoms. The molecule has 138 valence electrons. The van der Waals surface area contributed by atoms with E-state index in [1.54, 1.807) is 0 Å². The summed E-state index contributed by atoms with van der Waals surface area (Å²) in [7, 11) is 0. The summed E-state index contributed by atoms with van der Waals surface area (Å²) < 4.78 is 0. The lowest BCUT2D eigenvalue weighted by atomic mass is 9.91. The van der Waals surface area contributed by atoms with Crippen molar-refractivity contribution in [2.24, 2.45) is 0 Å². The van der Waals surface area contributed by atoms with Gasteiger partial charge in [-0.3, -0.25) is 0 Å². The van der Waals surface area contributed by atoms with E-state index in [2.05, 4.69) is 10.6 Å². The number of amides is 2. The first kappa shape index (κ1) is 19.6. The molecule has 0 heterocycles. The zero-order valence-electron chi connectivity index (χ0n) is 14.3. The average Bonchev–Trinajstić information content (AvgIpc) is 2.68. The van der Waals surface area contributed by atoms with Gasteiger partial charge in [0.05, 0.1) is 20.8 Å². The molecule has 2 amide bonds. The van der Waals surface area contributed by atoms with E-state index in [1.807, 2.05) is 60.7 Å². The van der Waals surface area contributed by atoms with Crippen molar-refractivity contribution in [2.75, 3.05) is 11.9 Å². The first-order valence-corrected chi connectivity index (χ1v) is 9.47. The minimum absolute atomic E-state index is 0.0300. The molecule has 0 saturated carbocycles. The fourth-order valence-corrected chi connectivity index (χ4v) is 3.37. The SMILES string of the molecule is O=C(NCC(c1ccccc1)c1ccccc1)Nc1cc(Cl)c(Cl)cc1Cl. The number of anilines is 1. The standard InChI is InChI=1S/C21H17Cl3N2O/c22-17-11-19(24)20(12-18(17)23)26-21(27)25-13-16(14-7-3-1-4-8-14)15-9-5-2-6-10-15/h1-12,16H,13H2,(H2,25,26,27). The summed E-state index contributed by atoms with van der Waals surface area (Å²) in [5, 5.41) is 6.59. The molecule has 3 rings (SSSR count). The first-order chi connectivity index (χ1) is 13.0. The molecule has 3 aromatic rings. The van der Waals surface area contributed by atoms with Crippen molar-refractivity contribution in [1.82, 2.24) is 5.32 Å². The number of nitrogens with one attached hydrogen (secondary N) is 2. The Morgan fingerprint density at radius 3 is 1.85 bits per heavy atom. The molecule has 0 radical (unpaired) electrons. The van der Waals surface area contributed by atoms with Gasteiger partial charge in [-0.1, -0.05) is 95.5 Å². The van der Waals surface area contributed by atoms with E-state index in [0.29, 0.717) is 27.3 Å². The molecule has 6 heteroatoms. The second-order valence-corrected chi connectivity index (χ2v) is 7.18. The van der Waals surface area contributed by atoms with Crippen LogP contribution >= 0.6 is 34.8 Å². The molecule has 0 aromatic heterocycles. The van der Waals surface area contributed by atoms with Crippen LogP contribution in [-0.4, -0.2) is 12.6 Å². The van der Waals surface area contributed by atoms with E-state index in [0.717, 1.165) is 11.1 Å². The summed E-state index contributed by atoms with van der Waals surface area (Å²) in [5.74, 6) is 0.0300. The Kier molecular flexibility index (Phi) is 6.62. The Labute approximate surface area is 173 Å². The van der Waals surface area contributed by atoms with Gasteiger partial charge < -0.3 is 10.6 Å². The van der Waals surface area contributed by atoms with Crippen molar-refractivity contribution in [3.63, 3.8) is 0 Å². The van der Waals surface area contributed by atoms with Gasteiger partial charge in [0.25, 0.3) is 0 Å². The van der Waals surface area contributed by atoms with E-state index >= 15 is 0 Å². The normalized spacial score (nSPS) is 10.7. The van der Waals surface area contributed by atoms with Gasteiger partial charge in [0.15, 0.2) is 0 Å². The molecule has 0 fully saturated rings. The molecule has 0 aliphatic heterocycles. The van der Waals surface area contributed by atoms with Gasteiger partial charge in [-0.05, 0) is 23.3 Å². The van der Waals surface area contributed by atoms with Crippen LogP contribution in [0, 0.1) is 0 Å². The Bertz CT molecular complexity index is 878. The predicted octanol–water partition coefficient (Wildman–Crippen LogP) is 6.60. The number of rotatable bonds is 5. The van der Waals surface area contributed by atoms with E-state index < -0.39 is 0 Å². The highest BCUT2D eigenvalue weighted by Gasteiger charge is 2.16. The van der Waals surface area contributed by atoms with Crippen molar-refractivity contribution < 1.29 is 4.79 Å². The lowest BCUT2D eigenvalue weighted by Crippen LogP contribution is -2.32. The van der Waals surface area contributed by atoms with Crippen LogP contribution in [0.1, 0.15) is 17.0 Å². The Morgan fingerprint density at radius 1 is 0.778 bits per heavy atom. The van der Waals surface area contributed by atoms with Crippen molar-refractivity contribution in [3.8, 4) is 0 Å². The third-order valence-electron chi connectivity index (χ3n) is 4.13. The summed E-state index contributed by atoms with van der Waals surface area (Å²) in [5.41, 5.74) is 2.65. The maximum Gasteiger partial charge on any atom is 0.319 e. The quantitative estimate of drug-likeness (QED) is 0.449. The summed E-state index contributed by atoms with van der Waals surface area (Å²) in [6.07, 6.45) is 0. The highest BCUT2D eigenvalue weighted by Crippen LogP contribution is 2.32. The summed E-state index contributed by atoms with van der Waals surface area (Å²) in [6.45, 7) is 0.429. The number of urea groups is 1. The topological polar surface area (TPSA) is 41.1 Å². The van der Waals surface area contributed by atoms with Crippen molar-refractivity contribution in [1.29, 1.82) is 0 Å². The summed E-state index contributed by atoms with van der Waals surface area (Å²) in [4.78, 5) is 12.4. The molecule has 27 heavy (non-hydrogen) atoms. The molecule has 2 N–H and O–H groups in total. The summed E-state index contributed by atoms with van der Waals surface area (Å²) in [6, 6.07) is 22.7. The maximum absolute atomic E-state index is 12.4. The van der Waals surface area contributed by atoms with E-state index in [9.17, 15) is 4.79 Å². The van der Waals surface area contributed by atoms with Crippen molar-refractivity contribution in [3.05, 3.63) is 99.0 Å². The predicted molar refractivity (Wildman–Crippen MR) is 113 cm³/mol. The second kappa shape index (κ2) is 9.14. The zero-order valence-corrected chi connectivity index (χ0v) is 16.5. The number of benzene rings is 3. The molecule has 3 nitrogen and oxygen atoms in total. The monoisotopic (exact) mass is 418 g/mol. The number of carbonyl (C=O) groups is 1. The maximum atomic E-state index is 12.4. The zero-order chi connectivity index (χ0) is 19.2. The van der Waals surface area contributed by atoms with Gasteiger partial charge in [0, 0.05) is 12.5 Å². The molecule has 0 unspecified atom stereocenters. The molecular formula is C21H17Cl3N2O. The molecule has 3 aromatic carbocycles. The summed E-state index contributed by atoms with van der Waals surface area (Å²) >= 11 is 18.0. The fraction of sp³-hybridized carbons (Fsp3) is 0.0952.